The van der Waals surface area contributed by atoms with Gasteiger partial charge in [-0.25, -0.2) is 4.39 Å². The predicted octanol–water partition coefficient (Wildman–Crippen LogP) is 4.33. The Labute approximate surface area is 193 Å². The van der Waals surface area contributed by atoms with E-state index in [4.69, 9.17) is 4.74 Å². The van der Waals surface area contributed by atoms with Crippen molar-refractivity contribution >= 4 is 29.9 Å². The molecule has 2 aromatic carbocycles. The SMILES string of the molecule is CN=C(NCCc1ccccc1F)NCc1cccc(OCc2ccccn2)c1.I. The van der Waals surface area contributed by atoms with Gasteiger partial charge in [-0.1, -0.05) is 36.4 Å². The molecule has 0 unspecified atom stereocenters. The molecular formula is C23H26FIN4O. The first kappa shape index (κ1) is 23.6. The van der Waals surface area contributed by atoms with Crippen LogP contribution >= 0.6 is 24.0 Å². The Morgan fingerprint density at radius 3 is 2.63 bits per heavy atom. The molecule has 0 saturated heterocycles. The van der Waals surface area contributed by atoms with E-state index in [1.165, 1.54) is 6.07 Å². The molecule has 1 aromatic heterocycles. The van der Waals surface area contributed by atoms with Gasteiger partial charge in [0.2, 0.25) is 0 Å². The Hall–Kier alpha value is -2.68. The molecule has 0 amide bonds. The van der Waals surface area contributed by atoms with E-state index in [9.17, 15) is 4.39 Å². The van der Waals surface area contributed by atoms with Crippen LogP contribution in [0.4, 0.5) is 4.39 Å². The van der Waals surface area contributed by atoms with Gasteiger partial charge in [0.25, 0.3) is 0 Å². The number of nitrogens with one attached hydrogen (secondary N) is 2. The number of nitrogens with zero attached hydrogens (tertiary/aromatic N) is 2. The second kappa shape index (κ2) is 12.8. The summed E-state index contributed by atoms with van der Waals surface area (Å²) >= 11 is 0. The van der Waals surface area contributed by atoms with Crippen LogP contribution < -0.4 is 15.4 Å². The van der Waals surface area contributed by atoms with E-state index < -0.39 is 0 Å². The van der Waals surface area contributed by atoms with Crippen molar-refractivity contribution in [3.05, 3.63) is 95.6 Å². The van der Waals surface area contributed by atoms with Crippen LogP contribution in [-0.4, -0.2) is 24.5 Å². The fourth-order valence-corrected chi connectivity index (χ4v) is 2.81. The Kier molecular flexibility index (Phi) is 10.1. The molecule has 0 spiro atoms. The van der Waals surface area contributed by atoms with Crippen LogP contribution in [0.15, 0.2) is 77.9 Å². The summed E-state index contributed by atoms with van der Waals surface area (Å²) in [6.45, 7) is 1.62. The fourth-order valence-electron chi connectivity index (χ4n) is 2.81. The lowest BCUT2D eigenvalue weighted by molar-refractivity contribution is 0.301. The molecule has 158 valence electrons. The van der Waals surface area contributed by atoms with Crippen LogP contribution in [-0.2, 0) is 19.6 Å². The summed E-state index contributed by atoms with van der Waals surface area (Å²) in [5, 5.41) is 6.47. The van der Waals surface area contributed by atoms with Crippen LogP contribution in [0.2, 0.25) is 0 Å². The van der Waals surface area contributed by atoms with Gasteiger partial charge in [-0.15, -0.1) is 24.0 Å². The lowest BCUT2D eigenvalue weighted by Gasteiger charge is -2.13. The molecule has 3 rings (SSSR count). The number of aliphatic imine (C=N–C) groups is 1. The van der Waals surface area contributed by atoms with Gasteiger partial charge in [-0.3, -0.25) is 9.98 Å². The van der Waals surface area contributed by atoms with Crippen molar-refractivity contribution in [2.75, 3.05) is 13.6 Å². The van der Waals surface area contributed by atoms with Gasteiger partial charge in [0.05, 0.1) is 5.69 Å². The van der Waals surface area contributed by atoms with Crippen molar-refractivity contribution in [1.82, 2.24) is 15.6 Å². The van der Waals surface area contributed by atoms with Crippen molar-refractivity contribution < 1.29 is 9.13 Å². The summed E-state index contributed by atoms with van der Waals surface area (Å²) in [6, 6.07) is 20.5. The number of aromatic nitrogens is 1. The predicted molar refractivity (Wildman–Crippen MR) is 129 cm³/mol. The lowest BCUT2D eigenvalue weighted by atomic mass is 10.1. The van der Waals surface area contributed by atoms with E-state index in [0.717, 1.165) is 17.0 Å². The highest BCUT2D eigenvalue weighted by Gasteiger charge is 2.03. The minimum Gasteiger partial charge on any atom is -0.487 e. The molecule has 2 N–H and O–H groups in total. The third kappa shape index (κ3) is 7.62. The molecule has 5 nitrogen and oxygen atoms in total. The van der Waals surface area contributed by atoms with Gasteiger partial charge in [0.15, 0.2) is 5.96 Å². The number of hydrogen-bond donors (Lipinski definition) is 2. The molecule has 30 heavy (non-hydrogen) atoms. The third-order valence-corrected chi connectivity index (χ3v) is 4.34. The van der Waals surface area contributed by atoms with Crippen molar-refractivity contribution in [2.45, 2.75) is 19.6 Å². The topological polar surface area (TPSA) is 58.5 Å². The zero-order valence-electron chi connectivity index (χ0n) is 16.8. The number of hydrogen-bond acceptors (Lipinski definition) is 3. The summed E-state index contributed by atoms with van der Waals surface area (Å²) in [7, 11) is 1.71. The van der Waals surface area contributed by atoms with E-state index >= 15 is 0 Å². The smallest absolute Gasteiger partial charge is 0.191 e. The molecule has 0 aliphatic carbocycles. The van der Waals surface area contributed by atoms with E-state index in [2.05, 4.69) is 20.6 Å². The van der Waals surface area contributed by atoms with Gasteiger partial charge in [0.1, 0.15) is 18.2 Å². The highest BCUT2D eigenvalue weighted by molar-refractivity contribution is 14.0. The van der Waals surface area contributed by atoms with Crippen molar-refractivity contribution in [2.24, 2.45) is 4.99 Å². The zero-order valence-corrected chi connectivity index (χ0v) is 19.2. The van der Waals surface area contributed by atoms with Crippen LogP contribution in [0.1, 0.15) is 16.8 Å². The van der Waals surface area contributed by atoms with Gasteiger partial charge in [-0.05, 0) is 47.9 Å². The third-order valence-electron chi connectivity index (χ3n) is 4.34. The number of guanidine groups is 1. The first-order valence-electron chi connectivity index (χ1n) is 9.54. The van der Waals surface area contributed by atoms with E-state index in [0.29, 0.717) is 37.6 Å². The molecule has 0 fully saturated rings. The molecule has 0 atom stereocenters. The average Bonchev–Trinajstić information content (AvgIpc) is 2.77. The summed E-state index contributed by atoms with van der Waals surface area (Å²) in [5.74, 6) is 1.28. The van der Waals surface area contributed by atoms with Crippen LogP contribution in [0.5, 0.6) is 5.75 Å². The molecule has 0 aliphatic rings. The molecule has 1 heterocycles. The molecule has 0 aliphatic heterocycles. The van der Waals surface area contributed by atoms with Gasteiger partial charge in [0, 0.05) is 26.3 Å². The standard InChI is InChI=1S/C23H25FN4O.HI/c1-25-23(27-14-12-19-8-2-3-11-22(19)24)28-16-18-7-6-10-21(15-18)29-17-20-9-4-5-13-26-20;/h2-11,13,15H,12,14,16-17H2,1H3,(H2,25,27,28);1H. The monoisotopic (exact) mass is 520 g/mol. The van der Waals surface area contributed by atoms with Crippen molar-refractivity contribution in [3.8, 4) is 5.75 Å². The van der Waals surface area contributed by atoms with Crippen LogP contribution in [0.25, 0.3) is 0 Å². The Balaban J connectivity index is 0.00000320. The summed E-state index contributed by atoms with van der Waals surface area (Å²) in [5.41, 5.74) is 2.64. The van der Waals surface area contributed by atoms with Gasteiger partial charge >= 0.3 is 0 Å². The number of halogens is 2. The van der Waals surface area contributed by atoms with Gasteiger partial charge in [-0.2, -0.15) is 0 Å². The minimum absolute atomic E-state index is 0. The zero-order chi connectivity index (χ0) is 20.3. The summed E-state index contributed by atoms with van der Waals surface area (Å²) in [4.78, 5) is 8.47. The van der Waals surface area contributed by atoms with Crippen molar-refractivity contribution in [1.29, 1.82) is 0 Å². The Morgan fingerprint density at radius 2 is 1.87 bits per heavy atom. The van der Waals surface area contributed by atoms with E-state index in [1.54, 1.807) is 25.4 Å². The second-order valence-electron chi connectivity index (χ2n) is 6.45. The molecule has 0 radical (unpaired) electrons. The second-order valence-corrected chi connectivity index (χ2v) is 6.45. The Morgan fingerprint density at radius 1 is 1.03 bits per heavy atom. The molecular weight excluding hydrogens is 494 g/mol. The van der Waals surface area contributed by atoms with Crippen LogP contribution in [0, 0.1) is 5.82 Å². The maximum absolute atomic E-state index is 13.7. The average molecular weight is 520 g/mol. The van der Waals surface area contributed by atoms with Crippen molar-refractivity contribution in [3.63, 3.8) is 0 Å². The minimum atomic E-state index is -0.181. The number of ether oxygens (including phenoxy) is 1. The first-order valence-corrected chi connectivity index (χ1v) is 9.54. The summed E-state index contributed by atoms with van der Waals surface area (Å²) < 4.78 is 19.5. The highest BCUT2D eigenvalue weighted by Crippen LogP contribution is 2.14. The Bertz CT molecular complexity index is 937. The fraction of sp³-hybridized carbons (Fsp3) is 0.217. The quantitative estimate of drug-likeness (QED) is 0.264. The number of pyridine rings is 1. The summed E-state index contributed by atoms with van der Waals surface area (Å²) in [6.07, 6.45) is 2.34. The highest BCUT2D eigenvalue weighted by atomic mass is 127. The molecule has 3 aromatic rings. The van der Waals surface area contributed by atoms with E-state index in [1.807, 2.05) is 48.5 Å². The molecule has 0 bridgehead atoms. The lowest BCUT2D eigenvalue weighted by Crippen LogP contribution is -2.37. The maximum Gasteiger partial charge on any atom is 0.191 e. The van der Waals surface area contributed by atoms with E-state index in [-0.39, 0.29) is 29.8 Å². The number of benzene rings is 2. The molecule has 0 saturated carbocycles. The largest absolute Gasteiger partial charge is 0.487 e. The maximum atomic E-state index is 13.7. The normalized spacial score (nSPS) is 10.8. The van der Waals surface area contributed by atoms with Crippen LogP contribution in [0.3, 0.4) is 0 Å². The number of rotatable bonds is 8. The van der Waals surface area contributed by atoms with Gasteiger partial charge < -0.3 is 15.4 Å². The molecule has 7 heteroatoms. The first-order chi connectivity index (χ1) is 14.2.